The smallest absolute Gasteiger partial charge is 0.261 e. The van der Waals surface area contributed by atoms with Gasteiger partial charge in [-0.3, -0.25) is 9.62 Å². The molecule has 38 heavy (non-hydrogen) atoms. The summed E-state index contributed by atoms with van der Waals surface area (Å²) in [6.07, 6.45) is -1.03. The normalized spacial score (nSPS) is 24.7. The molecule has 0 bridgehead atoms. The lowest BCUT2D eigenvalue weighted by Gasteiger charge is -2.43. The van der Waals surface area contributed by atoms with Crippen molar-refractivity contribution in [1.82, 2.24) is 4.90 Å². The van der Waals surface area contributed by atoms with Crippen LogP contribution < -0.4 is 4.72 Å². The Labute approximate surface area is 224 Å². The van der Waals surface area contributed by atoms with Crippen molar-refractivity contribution in [2.75, 3.05) is 37.6 Å². The molecule has 202 valence electrons. The second-order valence-electron chi connectivity index (χ2n) is 9.78. The molecule has 9 heteroatoms. The molecular weight excluding hydrogens is 504 g/mol. The standard InChI is InChI=1S/C29H34N2O6S/c1-21-27(19-31-14-16-35-17-15-31)36-29(37-28(21)23-12-10-22(20-32)11-13-23)24-6-5-7-25(18-24)30-38(33,34)26-8-3-2-4-9-26/h2-13,18,21,27-30,32H,14-17,19-20H2,1H3/t21-,27+,28+,29+/m0/s1. The summed E-state index contributed by atoms with van der Waals surface area (Å²) in [7, 11) is -3.73. The summed E-state index contributed by atoms with van der Waals surface area (Å²) in [5.41, 5.74) is 3.02. The van der Waals surface area contributed by atoms with E-state index in [2.05, 4.69) is 16.5 Å². The van der Waals surface area contributed by atoms with Crippen molar-refractivity contribution >= 4 is 15.7 Å². The molecule has 0 spiro atoms. The highest BCUT2D eigenvalue weighted by Gasteiger charge is 2.39. The van der Waals surface area contributed by atoms with E-state index in [4.69, 9.17) is 14.2 Å². The van der Waals surface area contributed by atoms with Crippen LogP contribution in [0.25, 0.3) is 0 Å². The van der Waals surface area contributed by atoms with Crippen LogP contribution in [0.3, 0.4) is 0 Å². The molecule has 2 aliphatic rings. The molecule has 3 aromatic rings. The first-order chi connectivity index (χ1) is 18.4. The number of benzene rings is 3. The van der Waals surface area contributed by atoms with E-state index < -0.39 is 16.3 Å². The van der Waals surface area contributed by atoms with Crippen LogP contribution in [0.15, 0.2) is 83.8 Å². The van der Waals surface area contributed by atoms with E-state index in [-0.39, 0.29) is 29.6 Å². The van der Waals surface area contributed by atoms with E-state index in [1.807, 2.05) is 30.3 Å². The number of sulfonamides is 1. The zero-order valence-corrected chi connectivity index (χ0v) is 22.2. The first kappa shape index (κ1) is 26.8. The van der Waals surface area contributed by atoms with Crippen LogP contribution in [-0.4, -0.2) is 57.4 Å². The van der Waals surface area contributed by atoms with Gasteiger partial charge in [0.2, 0.25) is 0 Å². The number of rotatable bonds is 8. The number of aliphatic hydroxyl groups is 1. The van der Waals surface area contributed by atoms with Crippen LogP contribution in [-0.2, 0) is 30.8 Å². The van der Waals surface area contributed by atoms with E-state index in [1.165, 1.54) is 0 Å². The summed E-state index contributed by atoms with van der Waals surface area (Å²) in [4.78, 5) is 2.55. The topological polar surface area (TPSA) is 97.3 Å². The van der Waals surface area contributed by atoms with Crippen LogP contribution in [0.2, 0.25) is 0 Å². The Balaban J connectivity index is 1.40. The second-order valence-corrected chi connectivity index (χ2v) is 11.5. The molecular formula is C29H34N2O6S. The van der Waals surface area contributed by atoms with E-state index in [1.54, 1.807) is 48.5 Å². The summed E-state index contributed by atoms with van der Waals surface area (Å²) >= 11 is 0. The Morgan fingerprint density at radius 3 is 2.37 bits per heavy atom. The van der Waals surface area contributed by atoms with Gasteiger partial charge in [0, 0.05) is 36.8 Å². The van der Waals surface area contributed by atoms with Crippen LogP contribution in [0.4, 0.5) is 5.69 Å². The molecule has 0 radical (unpaired) electrons. The first-order valence-corrected chi connectivity index (χ1v) is 14.4. The zero-order valence-electron chi connectivity index (χ0n) is 21.4. The van der Waals surface area contributed by atoms with Crippen LogP contribution in [0, 0.1) is 5.92 Å². The summed E-state index contributed by atoms with van der Waals surface area (Å²) < 4.78 is 47.0. The summed E-state index contributed by atoms with van der Waals surface area (Å²) in [6, 6.07) is 23.2. The zero-order chi connectivity index (χ0) is 26.5. The molecule has 8 nitrogen and oxygen atoms in total. The Morgan fingerprint density at radius 1 is 0.921 bits per heavy atom. The number of morpholine rings is 1. The minimum Gasteiger partial charge on any atom is -0.392 e. The molecule has 3 aromatic carbocycles. The highest BCUT2D eigenvalue weighted by Crippen LogP contribution is 2.42. The average molecular weight is 539 g/mol. The van der Waals surface area contributed by atoms with Gasteiger partial charge in [-0.15, -0.1) is 0 Å². The number of ether oxygens (including phenoxy) is 3. The van der Waals surface area contributed by atoms with E-state index in [9.17, 15) is 13.5 Å². The molecule has 0 saturated carbocycles. The Kier molecular flexibility index (Phi) is 8.42. The second kappa shape index (κ2) is 11.9. The number of nitrogens with zero attached hydrogens (tertiary/aromatic N) is 1. The van der Waals surface area contributed by atoms with Crippen molar-refractivity contribution in [3.8, 4) is 0 Å². The van der Waals surface area contributed by atoms with E-state index in [0.717, 1.165) is 36.3 Å². The number of hydrogen-bond donors (Lipinski definition) is 2. The molecule has 2 saturated heterocycles. The van der Waals surface area contributed by atoms with Gasteiger partial charge in [-0.25, -0.2) is 8.42 Å². The highest BCUT2D eigenvalue weighted by molar-refractivity contribution is 7.92. The lowest BCUT2D eigenvalue weighted by atomic mass is 9.90. The summed E-state index contributed by atoms with van der Waals surface area (Å²) in [5, 5.41) is 9.47. The van der Waals surface area contributed by atoms with Crippen molar-refractivity contribution < 1.29 is 27.7 Å². The summed E-state index contributed by atoms with van der Waals surface area (Å²) in [6.45, 7) is 5.98. The maximum atomic E-state index is 12.9. The molecule has 2 fully saturated rings. The molecule has 0 aromatic heterocycles. The molecule has 5 rings (SSSR count). The number of aliphatic hydroxyl groups excluding tert-OH is 1. The molecule has 0 unspecified atom stereocenters. The van der Waals surface area contributed by atoms with Crippen molar-refractivity contribution in [3.05, 3.63) is 95.6 Å². The SMILES string of the molecule is C[C@H]1[C@@H](CN2CCOCC2)O[C@@H](c2cccc(NS(=O)(=O)c3ccccc3)c2)O[C@H]1c1ccc(CO)cc1. The third kappa shape index (κ3) is 6.26. The molecule has 2 heterocycles. The lowest BCUT2D eigenvalue weighted by molar-refractivity contribution is -0.277. The van der Waals surface area contributed by atoms with Crippen LogP contribution in [0.5, 0.6) is 0 Å². The molecule has 4 atom stereocenters. The van der Waals surface area contributed by atoms with Gasteiger partial charge in [0.15, 0.2) is 6.29 Å². The predicted octanol–water partition coefficient (Wildman–Crippen LogP) is 4.10. The van der Waals surface area contributed by atoms with Gasteiger partial charge in [0.1, 0.15) is 0 Å². The van der Waals surface area contributed by atoms with Crippen LogP contribution in [0.1, 0.15) is 36.0 Å². The monoisotopic (exact) mass is 538 g/mol. The van der Waals surface area contributed by atoms with Gasteiger partial charge in [0.25, 0.3) is 10.0 Å². The number of hydrogen-bond acceptors (Lipinski definition) is 7. The predicted molar refractivity (Wildman–Crippen MR) is 144 cm³/mol. The van der Waals surface area contributed by atoms with E-state index in [0.29, 0.717) is 18.9 Å². The van der Waals surface area contributed by atoms with Gasteiger partial charge in [-0.1, -0.05) is 61.5 Å². The van der Waals surface area contributed by atoms with Crippen LogP contribution >= 0.6 is 0 Å². The Hall–Kier alpha value is -2.79. The average Bonchev–Trinajstić information content (AvgIpc) is 2.95. The van der Waals surface area contributed by atoms with Gasteiger partial charge >= 0.3 is 0 Å². The minimum atomic E-state index is -3.73. The van der Waals surface area contributed by atoms with Crippen molar-refractivity contribution in [1.29, 1.82) is 0 Å². The molecule has 0 aliphatic carbocycles. The largest absolute Gasteiger partial charge is 0.392 e. The Bertz CT molecular complexity index is 1300. The first-order valence-electron chi connectivity index (χ1n) is 12.9. The maximum absolute atomic E-state index is 12.9. The minimum absolute atomic E-state index is 0.0154. The molecule has 2 N–H and O–H groups in total. The van der Waals surface area contributed by atoms with Crippen molar-refractivity contribution in [2.45, 2.75) is 36.9 Å². The molecule has 2 aliphatic heterocycles. The van der Waals surface area contributed by atoms with E-state index >= 15 is 0 Å². The van der Waals surface area contributed by atoms with Gasteiger partial charge in [-0.05, 0) is 35.4 Å². The third-order valence-electron chi connectivity index (χ3n) is 7.13. The summed E-state index contributed by atoms with van der Waals surface area (Å²) in [5.74, 6) is 0.0637. The molecule has 0 amide bonds. The number of anilines is 1. The van der Waals surface area contributed by atoms with Gasteiger partial charge in [0.05, 0.1) is 36.9 Å². The highest BCUT2D eigenvalue weighted by atomic mass is 32.2. The maximum Gasteiger partial charge on any atom is 0.261 e. The van der Waals surface area contributed by atoms with Crippen molar-refractivity contribution in [2.24, 2.45) is 5.92 Å². The lowest BCUT2D eigenvalue weighted by Crippen LogP contribution is -2.47. The fraction of sp³-hybridized carbons (Fsp3) is 0.379. The number of nitrogens with one attached hydrogen (secondary N) is 1. The van der Waals surface area contributed by atoms with Crippen molar-refractivity contribution in [3.63, 3.8) is 0 Å². The quantitative estimate of drug-likeness (QED) is 0.446. The Morgan fingerprint density at radius 2 is 1.66 bits per heavy atom. The van der Waals surface area contributed by atoms with Gasteiger partial charge in [-0.2, -0.15) is 0 Å². The fourth-order valence-corrected chi connectivity index (χ4v) is 6.00. The fourth-order valence-electron chi connectivity index (χ4n) is 4.93. The third-order valence-corrected chi connectivity index (χ3v) is 8.53. The van der Waals surface area contributed by atoms with Gasteiger partial charge < -0.3 is 19.3 Å².